The average molecular weight is 310 g/mol. The number of rotatable bonds is 3. The van der Waals surface area contributed by atoms with Crippen molar-refractivity contribution in [3.05, 3.63) is 21.9 Å². The van der Waals surface area contributed by atoms with Gasteiger partial charge in [-0.1, -0.05) is 6.42 Å². The van der Waals surface area contributed by atoms with E-state index in [2.05, 4.69) is 21.7 Å². The van der Waals surface area contributed by atoms with Gasteiger partial charge in [0.15, 0.2) is 0 Å². The summed E-state index contributed by atoms with van der Waals surface area (Å²) in [6.45, 7) is 1.80. The van der Waals surface area contributed by atoms with Gasteiger partial charge in [-0.15, -0.1) is 11.3 Å². The van der Waals surface area contributed by atoms with Crippen LogP contribution in [0.5, 0.6) is 0 Å². The minimum absolute atomic E-state index is 0.138. The van der Waals surface area contributed by atoms with Gasteiger partial charge in [0.1, 0.15) is 6.04 Å². The Morgan fingerprint density at radius 2 is 2.35 bits per heavy atom. The number of thiophene rings is 1. The molecule has 3 rings (SSSR count). The van der Waals surface area contributed by atoms with E-state index in [1.165, 1.54) is 35.5 Å². The van der Waals surface area contributed by atoms with Crippen molar-refractivity contribution in [2.24, 2.45) is 0 Å². The Morgan fingerprint density at radius 3 is 3.10 bits per heavy atom. The largest absolute Gasteiger partial charge is 0.340 e. The SMILES string of the molecule is CNC1C(=O)N(CC2CCCCS2)CCc2ccsc21. The summed E-state index contributed by atoms with van der Waals surface area (Å²) in [5, 5.41) is 5.96. The third kappa shape index (κ3) is 2.90. The van der Waals surface area contributed by atoms with E-state index in [4.69, 9.17) is 0 Å². The van der Waals surface area contributed by atoms with Gasteiger partial charge in [-0.2, -0.15) is 11.8 Å². The third-order valence-corrected chi connectivity index (χ3v) is 6.64. The molecule has 5 heteroatoms. The van der Waals surface area contributed by atoms with Crippen molar-refractivity contribution in [1.82, 2.24) is 10.2 Å². The molecule has 20 heavy (non-hydrogen) atoms. The molecule has 2 unspecified atom stereocenters. The maximum Gasteiger partial charge on any atom is 0.245 e. The van der Waals surface area contributed by atoms with Crippen molar-refractivity contribution >= 4 is 29.0 Å². The second-order valence-corrected chi connectivity index (χ2v) is 7.91. The fraction of sp³-hybridized carbons (Fsp3) is 0.667. The van der Waals surface area contributed by atoms with Crippen molar-refractivity contribution in [3.8, 4) is 0 Å². The van der Waals surface area contributed by atoms with E-state index in [9.17, 15) is 4.79 Å². The highest BCUT2D eigenvalue weighted by molar-refractivity contribution is 7.99. The Balaban J connectivity index is 1.73. The van der Waals surface area contributed by atoms with E-state index in [0.29, 0.717) is 5.25 Å². The van der Waals surface area contributed by atoms with Crippen LogP contribution in [0.2, 0.25) is 0 Å². The highest BCUT2D eigenvalue weighted by Crippen LogP contribution is 2.31. The van der Waals surface area contributed by atoms with Gasteiger partial charge < -0.3 is 10.2 Å². The first-order chi connectivity index (χ1) is 9.79. The molecule has 0 radical (unpaired) electrons. The maximum atomic E-state index is 12.8. The maximum absolute atomic E-state index is 12.8. The number of nitrogens with zero attached hydrogens (tertiary/aromatic N) is 1. The summed E-state index contributed by atoms with van der Waals surface area (Å²) in [5.74, 6) is 1.52. The topological polar surface area (TPSA) is 32.3 Å². The lowest BCUT2D eigenvalue weighted by Gasteiger charge is -2.30. The molecule has 2 aliphatic heterocycles. The highest BCUT2D eigenvalue weighted by atomic mass is 32.2. The van der Waals surface area contributed by atoms with E-state index in [1.807, 2.05) is 18.8 Å². The molecule has 1 N–H and O–H groups in total. The molecular formula is C15H22N2OS2. The number of carbonyl (C=O) groups is 1. The van der Waals surface area contributed by atoms with Gasteiger partial charge in [0, 0.05) is 23.2 Å². The number of amides is 1. The smallest absolute Gasteiger partial charge is 0.245 e. The van der Waals surface area contributed by atoms with Crippen LogP contribution in [0.15, 0.2) is 11.4 Å². The lowest BCUT2D eigenvalue weighted by molar-refractivity contribution is -0.133. The molecular weight excluding hydrogens is 288 g/mol. The van der Waals surface area contributed by atoms with Crippen LogP contribution in [-0.4, -0.2) is 41.9 Å². The lowest BCUT2D eigenvalue weighted by Crippen LogP contribution is -2.42. The third-order valence-electron chi connectivity index (χ3n) is 4.24. The minimum Gasteiger partial charge on any atom is -0.340 e. The number of fused-ring (bicyclic) bond motifs is 1. The molecule has 1 fully saturated rings. The van der Waals surface area contributed by atoms with Crippen LogP contribution in [0.4, 0.5) is 0 Å². The van der Waals surface area contributed by atoms with Crippen LogP contribution in [0.25, 0.3) is 0 Å². The molecule has 1 saturated heterocycles. The summed E-state index contributed by atoms with van der Waals surface area (Å²) < 4.78 is 0. The van der Waals surface area contributed by atoms with Crippen molar-refractivity contribution in [3.63, 3.8) is 0 Å². The fourth-order valence-electron chi connectivity index (χ4n) is 3.10. The van der Waals surface area contributed by atoms with E-state index < -0.39 is 0 Å². The predicted octanol–water partition coefficient (Wildman–Crippen LogP) is 2.68. The molecule has 2 aliphatic rings. The average Bonchev–Trinajstić information content (AvgIpc) is 2.89. The van der Waals surface area contributed by atoms with Crippen molar-refractivity contribution in [1.29, 1.82) is 0 Å². The van der Waals surface area contributed by atoms with E-state index in [0.717, 1.165) is 19.5 Å². The van der Waals surface area contributed by atoms with Crippen LogP contribution < -0.4 is 5.32 Å². The Bertz CT molecular complexity index is 468. The Morgan fingerprint density at radius 1 is 1.45 bits per heavy atom. The number of hydrogen-bond acceptors (Lipinski definition) is 4. The Labute approximate surface area is 129 Å². The summed E-state index contributed by atoms with van der Waals surface area (Å²) in [4.78, 5) is 16.1. The first-order valence-electron chi connectivity index (χ1n) is 7.43. The number of likely N-dealkylation sites (N-methyl/N-ethyl adjacent to an activating group) is 1. The summed E-state index contributed by atoms with van der Waals surface area (Å²) in [6.07, 6.45) is 4.93. The van der Waals surface area contributed by atoms with Gasteiger partial charge >= 0.3 is 0 Å². The van der Waals surface area contributed by atoms with E-state index in [1.54, 1.807) is 11.3 Å². The molecule has 0 aromatic carbocycles. The molecule has 110 valence electrons. The standard InChI is InChI=1S/C15H22N2OS2/c1-16-13-14-11(6-9-20-14)5-7-17(15(13)18)10-12-4-2-3-8-19-12/h6,9,12-13,16H,2-5,7-8,10H2,1H3. The molecule has 3 heterocycles. The lowest BCUT2D eigenvalue weighted by atomic mass is 10.1. The zero-order valence-electron chi connectivity index (χ0n) is 11.9. The summed E-state index contributed by atoms with van der Waals surface area (Å²) in [6, 6.07) is 2.04. The number of nitrogens with one attached hydrogen (secondary N) is 1. The van der Waals surface area contributed by atoms with Gasteiger partial charge in [0.2, 0.25) is 5.91 Å². The van der Waals surface area contributed by atoms with Crippen LogP contribution in [0.1, 0.15) is 35.7 Å². The minimum atomic E-state index is -0.138. The first kappa shape index (κ1) is 14.4. The monoisotopic (exact) mass is 310 g/mol. The number of hydrogen-bond donors (Lipinski definition) is 1. The molecule has 3 nitrogen and oxygen atoms in total. The van der Waals surface area contributed by atoms with Gasteiger partial charge in [-0.05, 0) is 49.1 Å². The van der Waals surface area contributed by atoms with Crippen molar-refractivity contribution < 1.29 is 4.79 Å². The Hall–Kier alpha value is -0.520. The fourth-order valence-corrected chi connectivity index (χ4v) is 5.48. The van der Waals surface area contributed by atoms with Crippen LogP contribution in [0.3, 0.4) is 0 Å². The normalized spacial score (nSPS) is 27.2. The van der Waals surface area contributed by atoms with Crippen LogP contribution in [0, 0.1) is 0 Å². The highest BCUT2D eigenvalue weighted by Gasteiger charge is 2.32. The number of thioether (sulfide) groups is 1. The number of carbonyl (C=O) groups excluding carboxylic acids is 1. The van der Waals surface area contributed by atoms with Crippen LogP contribution >= 0.6 is 23.1 Å². The van der Waals surface area contributed by atoms with Gasteiger partial charge in [-0.25, -0.2) is 0 Å². The molecule has 0 bridgehead atoms. The molecule has 1 amide bonds. The van der Waals surface area contributed by atoms with Crippen LogP contribution in [-0.2, 0) is 11.2 Å². The molecule has 2 atom stereocenters. The zero-order chi connectivity index (χ0) is 13.9. The van der Waals surface area contributed by atoms with E-state index >= 15 is 0 Å². The summed E-state index contributed by atoms with van der Waals surface area (Å²) in [7, 11) is 1.89. The quantitative estimate of drug-likeness (QED) is 0.931. The second kappa shape index (κ2) is 6.50. The molecule has 0 aliphatic carbocycles. The molecule has 0 saturated carbocycles. The van der Waals surface area contributed by atoms with Crippen molar-refractivity contribution in [2.45, 2.75) is 37.0 Å². The molecule has 0 spiro atoms. The Kier molecular flexibility index (Phi) is 4.68. The summed E-state index contributed by atoms with van der Waals surface area (Å²) in [5.41, 5.74) is 1.35. The molecule has 1 aromatic heterocycles. The zero-order valence-corrected chi connectivity index (χ0v) is 13.6. The van der Waals surface area contributed by atoms with E-state index in [-0.39, 0.29) is 11.9 Å². The second-order valence-electron chi connectivity index (χ2n) is 5.55. The predicted molar refractivity (Wildman–Crippen MR) is 86.5 cm³/mol. The first-order valence-corrected chi connectivity index (χ1v) is 9.36. The van der Waals surface area contributed by atoms with Crippen molar-refractivity contribution in [2.75, 3.05) is 25.9 Å². The van der Waals surface area contributed by atoms with Gasteiger partial charge in [0.25, 0.3) is 0 Å². The summed E-state index contributed by atoms with van der Waals surface area (Å²) >= 11 is 3.76. The van der Waals surface area contributed by atoms with Gasteiger partial charge in [-0.3, -0.25) is 4.79 Å². The van der Waals surface area contributed by atoms with Gasteiger partial charge in [0.05, 0.1) is 0 Å². The molecule has 1 aromatic rings.